The summed E-state index contributed by atoms with van der Waals surface area (Å²) in [7, 11) is 0. The van der Waals surface area contributed by atoms with Gasteiger partial charge in [-0.25, -0.2) is 4.39 Å². The Morgan fingerprint density at radius 1 is 1.46 bits per heavy atom. The fourth-order valence-corrected chi connectivity index (χ4v) is 4.90. The first kappa shape index (κ1) is 24.2. The SMILES string of the molecule is CCCC1(F)CCNC(C(=O)NC(C(C)Cl)C2OC(SC)CC(O)C2O)CC1. The number of carbonyl (C=O) groups excluding carboxylic acids is 1. The second kappa shape index (κ2) is 10.8. The Morgan fingerprint density at radius 3 is 2.79 bits per heavy atom. The van der Waals surface area contributed by atoms with Crippen molar-refractivity contribution in [3.63, 3.8) is 0 Å². The molecule has 8 unspecified atom stereocenters. The molecule has 164 valence electrons. The first-order chi connectivity index (χ1) is 13.2. The third-order valence-corrected chi connectivity index (χ3v) is 6.85. The maximum atomic E-state index is 14.9. The number of hydrogen-bond donors (Lipinski definition) is 4. The lowest BCUT2D eigenvalue weighted by atomic mass is 9.91. The number of nitrogens with one attached hydrogen (secondary N) is 2. The molecule has 0 aromatic rings. The van der Waals surface area contributed by atoms with Gasteiger partial charge in [0.2, 0.25) is 5.91 Å². The van der Waals surface area contributed by atoms with Gasteiger partial charge in [0.05, 0.1) is 23.6 Å². The number of carbonyl (C=O) groups is 1. The van der Waals surface area contributed by atoms with Gasteiger partial charge in [0.25, 0.3) is 0 Å². The van der Waals surface area contributed by atoms with Crippen molar-refractivity contribution in [2.45, 2.75) is 99.2 Å². The van der Waals surface area contributed by atoms with Crippen molar-refractivity contribution in [1.82, 2.24) is 10.6 Å². The highest BCUT2D eigenvalue weighted by molar-refractivity contribution is 7.99. The third-order valence-electron chi connectivity index (χ3n) is 5.75. The minimum atomic E-state index is -1.23. The van der Waals surface area contributed by atoms with E-state index in [4.69, 9.17) is 16.3 Å². The summed E-state index contributed by atoms with van der Waals surface area (Å²) in [4.78, 5) is 12.9. The molecular formula is C19H34ClFN2O4S. The molecule has 8 atom stereocenters. The molecule has 0 radical (unpaired) electrons. The van der Waals surface area contributed by atoms with E-state index in [0.29, 0.717) is 38.6 Å². The Morgan fingerprint density at radius 2 is 2.18 bits per heavy atom. The van der Waals surface area contributed by atoms with Gasteiger partial charge in [0.15, 0.2) is 0 Å². The third kappa shape index (κ3) is 6.19. The van der Waals surface area contributed by atoms with Crippen molar-refractivity contribution in [2.75, 3.05) is 12.8 Å². The van der Waals surface area contributed by atoms with E-state index < -0.39 is 41.4 Å². The van der Waals surface area contributed by atoms with Crippen LogP contribution in [0.15, 0.2) is 0 Å². The molecule has 2 fully saturated rings. The summed E-state index contributed by atoms with van der Waals surface area (Å²) in [6.45, 7) is 4.11. The summed E-state index contributed by atoms with van der Waals surface area (Å²) in [5, 5.41) is 26.0. The Balaban J connectivity index is 2.04. The van der Waals surface area contributed by atoms with Crippen LogP contribution in [0, 0.1) is 0 Å². The normalized spacial score (nSPS) is 39.0. The second-order valence-electron chi connectivity index (χ2n) is 7.97. The van der Waals surface area contributed by atoms with Crippen molar-refractivity contribution in [2.24, 2.45) is 0 Å². The molecule has 0 aliphatic carbocycles. The van der Waals surface area contributed by atoms with Gasteiger partial charge in [0.1, 0.15) is 23.3 Å². The Labute approximate surface area is 176 Å². The van der Waals surface area contributed by atoms with E-state index in [2.05, 4.69) is 10.6 Å². The van der Waals surface area contributed by atoms with Crippen molar-refractivity contribution >= 4 is 29.3 Å². The largest absolute Gasteiger partial charge is 0.390 e. The highest BCUT2D eigenvalue weighted by Gasteiger charge is 2.44. The molecular weight excluding hydrogens is 407 g/mol. The van der Waals surface area contributed by atoms with Gasteiger partial charge >= 0.3 is 0 Å². The number of hydrogen-bond acceptors (Lipinski definition) is 6. The summed E-state index contributed by atoms with van der Waals surface area (Å²) in [6.07, 6.45) is 1.68. The van der Waals surface area contributed by atoms with Gasteiger partial charge in [-0.15, -0.1) is 23.4 Å². The molecule has 0 aromatic carbocycles. The quantitative estimate of drug-likeness (QED) is 0.452. The maximum absolute atomic E-state index is 14.9. The smallest absolute Gasteiger partial charge is 0.237 e. The van der Waals surface area contributed by atoms with Crippen LogP contribution >= 0.6 is 23.4 Å². The first-order valence-corrected chi connectivity index (χ1v) is 11.8. The average molecular weight is 441 g/mol. The molecule has 4 N–H and O–H groups in total. The molecule has 2 heterocycles. The van der Waals surface area contributed by atoms with Crippen LogP contribution in [-0.2, 0) is 9.53 Å². The van der Waals surface area contributed by atoms with Gasteiger partial charge in [-0.1, -0.05) is 13.3 Å². The molecule has 0 bridgehead atoms. The molecule has 2 aliphatic heterocycles. The van der Waals surface area contributed by atoms with Crippen LogP contribution in [-0.4, -0.2) is 75.8 Å². The Kier molecular flexibility index (Phi) is 9.29. The number of rotatable bonds is 7. The summed E-state index contributed by atoms with van der Waals surface area (Å²) < 4.78 is 20.7. The maximum Gasteiger partial charge on any atom is 0.237 e. The molecule has 2 rings (SSSR count). The summed E-state index contributed by atoms with van der Waals surface area (Å²) in [6, 6.07) is -1.20. The molecule has 9 heteroatoms. The monoisotopic (exact) mass is 440 g/mol. The lowest BCUT2D eigenvalue weighted by molar-refractivity contribution is -0.158. The first-order valence-electron chi connectivity index (χ1n) is 10.1. The number of ether oxygens (including phenoxy) is 1. The van der Waals surface area contributed by atoms with Crippen LogP contribution in [0.2, 0.25) is 0 Å². The van der Waals surface area contributed by atoms with Crippen LogP contribution in [0.1, 0.15) is 52.4 Å². The topological polar surface area (TPSA) is 90.8 Å². The molecule has 28 heavy (non-hydrogen) atoms. The zero-order valence-corrected chi connectivity index (χ0v) is 18.4. The Bertz CT molecular complexity index is 518. The summed E-state index contributed by atoms with van der Waals surface area (Å²) in [5.41, 5.74) is -1.51. The minimum absolute atomic E-state index is 0.282. The Hall–Kier alpha value is -0.120. The van der Waals surface area contributed by atoms with Gasteiger partial charge in [-0.05, 0) is 45.4 Å². The van der Waals surface area contributed by atoms with Crippen LogP contribution in [0.3, 0.4) is 0 Å². The van der Waals surface area contributed by atoms with Crippen LogP contribution in [0.4, 0.5) is 4.39 Å². The zero-order chi connectivity index (χ0) is 20.9. The second-order valence-corrected chi connectivity index (χ2v) is 9.65. The van der Waals surface area contributed by atoms with Crippen molar-refractivity contribution in [3.05, 3.63) is 0 Å². The molecule has 1 amide bonds. The molecule has 0 saturated carbocycles. The molecule has 2 aliphatic rings. The fraction of sp³-hybridized carbons (Fsp3) is 0.947. The van der Waals surface area contributed by atoms with E-state index in [1.54, 1.807) is 6.92 Å². The number of aliphatic hydroxyl groups is 2. The summed E-state index contributed by atoms with van der Waals surface area (Å²) in [5.74, 6) is -0.283. The molecule has 6 nitrogen and oxygen atoms in total. The van der Waals surface area contributed by atoms with Gasteiger partial charge < -0.3 is 25.6 Å². The zero-order valence-electron chi connectivity index (χ0n) is 16.9. The van der Waals surface area contributed by atoms with Gasteiger partial charge in [-0.2, -0.15) is 0 Å². The number of amides is 1. The van der Waals surface area contributed by atoms with E-state index >= 15 is 0 Å². The predicted octanol–water partition coefficient (Wildman–Crippen LogP) is 1.95. The fourth-order valence-electron chi connectivity index (χ4n) is 4.06. The molecule has 0 spiro atoms. The lowest BCUT2D eigenvalue weighted by Crippen LogP contribution is -2.61. The lowest BCUT2D eigenvalue weighted by Gasteiger charge is -2.41. The van der Waals surface area contributed by atoms with E-state index in [1.165, 1.54) is 11.8 Å². The van der Waals surface area contributed by atoms with Crippen molar-refractivity contribution < 1.29 is 24.1 Å². The number of aliphatic hydroxyl groups excluding tert-OH is 2. The minimum Gasteiger partial charge on any atom is -0.390 e. The highest BCUT2D eigenvalue weighted by Crippen LogP contribution is 2.32. The van der Waals surface area contributed by atoms with E-state index in [9.17, 15) is 19.4 Å². The highest BCUT2D eigenvalue weighted by atomic mass is 35.5. The van der Waals surface area contributed by atoms with Crippen LogP contribution < -0.4 is 10.6 Å². The molecule has 0 aromatic heterocycles. The standard InChI is InChI=1S/C19H34ClFN2O4S/c1-4-6-19(21)7-5-12(22-9-8-19)18(26)23-15(11(2)20)17-16(25)13(24)10-14(27-17)28-3/h11-17,22,24-25H,4-10H2,1-3H3,(H,23,26). The number of halogens is 2. The molecule has 2 saturated heterocycles. The van der Waals surface area contributed by atoms with Gasteiger partial charge in [0, 0.05) is 6.42 Å². The van der Waals surface area contributed by atoms with Crippen LogP contribution in [0.5, 0.6) is 0 Å². The average Bonchev–Trinajstić information content (AvgIpc) is 2.84. The van der Waals surface area contributed by atoms with E-state index in [-0.39, 0.29) is 11.3 Å². The predicted molar refractivity (Wildman–Crippen MR) is 110 cm³/mol. The van der Waals surface area contributed by atoms with E-state index in [1.807, 2.05) is 13.2 Å². The van der Waals surface area contributed by atoms with Gasteiger partial charge in [-0.3, -0.25) is 4.79 Å². The number of alkyl halides is 2. The van der Waals surface area contributed by atoms with Crippen LogP contribution in [0.25, 0.3) is 0 Å². The number of thioether (sulfide) groups is 1. The summed E-state index contributed by atoms with van der Waals surface area (Å²) >= 11 is 7.74. The van der Waals surface area contributed by atoms with Crippen molar-refractivity contribution in [3.8, 4) is 0 Å². The van der Waals surface area contributed by atoms with Crippen molar-refractivity contribution in [1.29, 1.82) is 0 Å². The van der Waals surface area contributed by atoms with E-state index in [0.717, 1.165) is 6.42 Å².